The van der Waals surface area contributed by atoms with Crippen molar-refractivity contribution in [2.45, 2.75) is 53.5 Å². The van der Waals surface area contributed by atoms with Gasteiger partial charge in [0, 0.05) is 16.1 Å². The van der Waals surface area contributed by atoms with Crippen molar-refractivity contribution in [3.8, 4) is 5.75 Å². The molecule has 1 rings (SSSR count). The summed E-state index contributed by atoms with van der Waals surface area (Å²) < 4.78 is 6.93. The van der Waals surface area contributed by atoms with E-state index in [0.717, 1.165) is 29.6 Å². The average Bonchev–Trinajstić information content (AvgIpc) is 2.42. The summed E-state index contributed by atoms with van der Waals surface area (Å²) in [6.07, 6.45) is 2.25. The largest absolute Gasteiger partial charge is 0.494 e. The average molecular weight is 342 g/mol. The summed E-state index contributed by atoms with van der Waals surface area (Å²) >= 11 is 3.59. The van der Waals surface area contributed by atoms with Crippen LogP contribution in [0, 0.1) is 5.41 Å². The third-order valence-corrected chi connectivity index (χ3v) is 4.37. The highest BCUT2D eigenvalue weighted by Gasteiger charge is 2.31. The summed E-state index contributed by atoms with van der Waals surface area (Å²) in [4.78, 5) is 0. The molecule has 3 heteroatoms. The highest BCUT2D eigenvalue weighted by atomic mass is 79.9. The molecule has 0 spiro atoms. The Bertz CT molecular complexity index is 417. The topological polar surface area (TPSA) is 21.3 Å². The normalized spacial score (nSPS) is 13.3. The predicted molar refractivity (Wildman–Crippen MR) is 90.4 cm³/mol. The molecule has 2 nitrogen and oxygen atoms in total. The molecule has 0 saturated heterocycles. The second-order valence-corrected chi connectivity index (χ2v) is 6.76. The molecule has 1 atom stereocenters. The molecule has 1 N–H and O–H groups in total. The lowest BCUT2D eigenvalue weighted by molar-refractivity contribution is 0.226. The molecule has 0 bridgehead atoms. The van der Waals surface area contributed by atoms with E-state index in [-0.39, 0.29) is 5.41 Å². The van der Waals surface area contributed by atoms with E-state index in [0.29, 0.717) is 12.6 Å². The third-order valence-electron chi connectivity index (χ3n) is 3.87. The predicted octanol–water partition coefficient (Wildman–Crippen LogP) is 5.32. The van der Waals surface area contributed by atoms with E-state index in [1.165, 1.54) is 5.56 Å². The molecule has 0 radical (unpaired) electrons. The maximum atomic E-state index is 5.83. The summed E-state index contributed by atoms with van der Waals surface area (Å²) in [5, 5.41) is 3.70. The molecular formula is C17H28BrNO. The number of ether oxygens (including phenoxy) is 1. The maximum absolute atomic E-state index is 5.83. The van der Waals surface area contributed by atoms with Gasteiger partial charge in [-0.25, -0.2) is 0 Å². The van der Waals surface area contributed by atoms with Crippen LogP contribution in [0.4, 0.5) is 0 Å². The Kier molecular flexibility index (Phi) is 7.04. The third kappa shape index (κ3) is 4.49. The fourth-order valence-electron chi connectivity index (χ4n) is 2.33. The fourth-order valence-corrected chi connectivity index (χ4v) is 2.71. The number of hydrogen-bond acceptors (Lipinski definition) is 2. The highest BCUT2D eigenvalue weighted by Crippen LogP contribution is 2.41. The van der Waals surface area contributed by atoms with Crippen LogP contribution in [0.15, 0.2) is 22.7 Å². The molecule has 0 aliphatic carbocycles. The Labute approximate surface area is 132 Å². The molecule has 0 heterocycles. The monoisotopic (exact) mass is 341 g/mol. The minimum Gasteiger partial charge on any atom is -0.494 e. The number of nitrogens with one attached hydrogen (secondary N) is 1. The zero-order chi connectivity index (χ0) is 15.2. The summed E-state index contributed by atoms with van der Waals surface area (Å²) in [5.74, 6) is 0.992. The van der Waals surface area contributed by atoms with Crippen molar-refractivity contribution in [2.75, 3.05) is 13.2 Å². The Hall–Kier alpha value is -0.540. The van der Waals surface area contributed by atoms with E-state index >= 15 is 0 Å². The Morgan fingerprint density at radius 2 is 1.95 bits per heavy atom. The van der Waals surface area contributed by atoms with E-state index in [1.807, 2.05) is 13.0 Å². The first-order valence-electron chi connectivity index (χ1n) is 7.61. The van der Waals surface area contributed by atoms with Gasteiger partial charge in [0.15, 0.2) is 0 Å². The number of halogens is 1. The number of rotatable bonds is 8. The standard InChI is InChI=1S/C17H28BrNO/c1-6-11-19-16(17(4,5)7-2)14-12-13(18)9-10-15(14)20-8-3/h9-10,12,16,19H,6-8,11H2,1-5H3. The number of benzene rings is 1. The van der Waals surface area contributed by atoms with Gasteiger partial charge in [-0.05, 0) is 49.9 Å². The summed E-state index contributed by atoms with van der Waals surface area (Å²) in [6, 6.07) is 6.60. The fraction of sp³-hybridized carbons (Fsp3) is 0.647. The van der Waals surface area contributed by atoms with Crippen LogP contribution in [0.2, 0.25) is 0 Å². The van der Waals surface area contributed by atoms with Gasteiger partial charge < -0.3 is 10.1 Å². The van der Waals surface area contributed by atoms with Crippen molar-refractivity contribution in [1.29, 1.82) is 0 Å². The molecule has 20 heavy (non-hydrogen) atoms. The number of hydrogen-bond donors (Lipinski definition) is 1. The second-order valence-electron chi connectivity index (χ2n) is 5.84. The molecule has 0 saturated carbocycles. The zero-order valence-corrected chi connectivity index (χ0v) is 15.0. The van der Waals surface area contributed by atoms with Gasteiger partial charge in [-0.15, -0.1) is 0 Å². The Balaban J connectivity index is 3.20. The highest BCUT2D eigenvalue weighted by molar-refractivity contribution is 9.10. The lowest BCUT2D eigenvalue weighted by Gasteiger charge is -2.35. The van der Waals surface area contributed by atoms with Crippen LogP contribution < -0.4 is 10.1 Å². The minimum atomic E-state index is 0.182. The molecule has 0 aromatic heterocycles. The second kappa shape index (κ2) is 8.04. The van der Waals surface area contributed by atoms with Gasteiger partial charge in [0.1, 0.15) is 5.75 Å². The van der Waals surface area contributed by atoms with Gasteiger partial charge in [-0.3, -0.25) is 0 Å². The SMILES string of the molecule is CCCNC(c1cc(Br)ccc1OCC)C(C)(C)CC. The van der Waals surface area contributed by atoms with Crippen LogP contribution in [0.25, 0.3) is 0 Å². The first-order valence-corrected chi connectivity index (χ1v) is 8.41. The van der Waals surface area contributed by atoms with Gasteiger partial charge in [0.25, 0.3) is 0 Å². The molecule has 0 aliphatic heterocycles. The smallest absolute Gasteiger partial charge is 0.124 e. The van der Waals surface area contributed by atoms with Crippen LogP contribution in [-0.4, -0.2) is 13.2 Å². The van der Waals surface area contributed by atoms with Gasteiger partial charge in [-0.1, -0.05) is 43.6 Å². The van der Waals surface area contributed by atoms with Gasteiger partial charge >= 0.3 is 0 Å². The Morgan fingerprint density at radius 1 is 1.25 bits per heavy atom. The van der Waals surface area contributed by atoms with Crippen molar-refractivity contribution in [2.24, 2.45) is 5.41 Å². The van der Waals surface area contributed by atoms with Gasteiger partial charge in [-0.2, -0.15) is 0 Å². The van der Waals surface area contributed by atoms with Crippen molar-refractivity contribution in [3.63, 3.8) is 0 Å². The summed E-state index contributed by atoms with van der Waals surface area (Å²) in [6.45, 7) is 12.8. The van der Waals surface area contributed by atoms with E-state index in [2.05, 4.69) is 61.1 Å². The van der Waals surface area contributed by atoms with Crippen LogP contribution >= 0.6 is 15.9 Å². The first-order chi connectivity index (χ1) is 9.46. The summed E-state index contributed by atoms with van der Waals surface area (Å²) in [5.41, 5.74) is 1.43. The molecule has 114 valence electrons. The minimum absolute atomic E-state index is 0.182. The first kappa shape index (κ1) is 17.5. The van der Waals surface area contributed by atoms with Gasteiger partial charge in [0.05, 0.1) is 6.61 Å². The van der Waals surface area contributed by atoms with E-state index in [4.69, 9.17) is 4.74 Å². The van der Waals surface area contributed by atoms with Crippen molar-refractivity contribution < 1.29 is 4.74 Å². The molecule has 0 fully saturated rings. The lowest BCUT2D eigenvalue weighted by Crippen LogP contribution is -2.34. The quantitative estimate of drug-likeness (QED) is 0.690. The van der Waals surface area contributed by atoms with Gasteiger partial charge in [0.2, 0.25) is 0 Å². The van der Waals surface area contributed by atoms with Crippen molar-refractivity contribution in [3.05, 3.63) is 28.2 Å². The molecule has 1 unspecified atom stereocenters. The molecular weight excluding hydrogens is 314 g/mol. The zero-order valence-electron chi connectivity index (χ0n) is 13.4. The van der Waals surface area contributed by atoms with Crippen molar-refractivity contribution in [1.82, 2.24) is 5.32 Å². The van der Waals surface area contributed by atoms with Crippen LogP contribution in [0.5, 0.6) is 5.75 Å². The van der Waals surface area contributed by atoms with Crippen LogP contribution in [0.3, 0.4) is 0 Å². The van der Waals surface area contributed by atoms with Crippen LogP contribution in [0.1, 0.15) is 59.1 Å². The Morgan fingerprint density at radius 3 is 2.50 bits per heavy atom. The molecule has 1 aromatic rings. The summed E-state index contributed by atoms with van der Waals surface area (Å²) in [7, 11) is 0. The molecule has 0 amide bonds. The van der Waals surface area contributed by atoms with Crippen molar-refractivity contribution >= 4 is 15.9 Å². The van der Waals surface area contributed by atoms with E-state index in [9.17, 15) is 0 Å². The maximum Gasteiger partial charge on any atom is 0.124 e. The molecule has 0 aliphatic rings. The van der Waals surface area contributed by atoms with Crippen LogP contribution in [-0.2, 0) is 0 Å². The van der Waals surface area contributed by atoms with E-state index < -0.39 is 0 Å². The lowest BCUT2D eigenvalue weighted by atomic mass is 9.78. The van der Waals surface area contributed by atoms with E-state index in [1.54, 1.807) is 0 Å². The molecule has 1 aromatic carbocycles.